The highest BCUT2D eigenvalue weighted by Crippen LogP contribution is 2.51. The predicted molar refractivity (Wildman–Crippen MR) is 142 cm³/mol. The molecule has 204 valence electrons. The van der Waals surface area contributed by atoms with E-state index < -0.39 is 27.6 Å². The zero-order chi connectivity index (χ0) is 28.0. The van der Waals surface area contributed by atoms with E-state index in [9.17, 15) is 26.0 Å². The highest BCUT2D eigenvalue weighted by atomic mass is 35.5. The van der Waals surface area contributed by atoms with Gasteiger partial charge in [0.15, 0.2) is 5.82 Å². The van der Waals surface area contributed by atoms with Crippen LogP contribution in [0.3, 0.4) is 0 Å². The van der Waals surface area contributed by atoms with E-state index in [0.29, 0.717) is 16.8 Å². The number of benzene rings is 2. The molecule has 0 aliphatic heterocycles. The molecule has 3 N–H and O–H groups in total. The molecule has 2 aromatic heterocycles. The normalized spacial score (nSPS) is 14.7. The summed E-state index contributed by atoms with van der Waals surface area (Å²) in [7, 11) is -3.54. The summed E-state index contributed by atoms with van der Waals surface area (Å²) in [5, 5.41) is 5.78. The lowest BCUT2D eigenvalue weighted by Crippen LogP contribution is -2.39. The SMILES string of the molecule is CS(=O)(=O)Nc1cc(Cl)cc(CNc2nc(NC3(C(F)(F)F)CC3)c3nc(-c4ccc(F)cc4)ccc3n2)c1. The molecule has 2 heterocycles. The van der Waals surface area contributed by atoms with E-state index >= 15 is 0 Å². The van der Waals surface area contributed by atoms with Gasteiger partial charge in [0, 0.05) is 17.1 Å². The lowest BCUT2D eigenvalue weighted by molar-refractivity contribution is -0.151. The molecule has 14 heteroatoms. The molecule has 5 rings (SSSR count). The lowest BCUT2D eigenvalue weighted by Gasteiger charge is -2.22. The third-order valence-corrected chi connectivity index (χ3v) is 6.87. The van der Waals surface area contributed by atoms with Crippen LogP contribution in [0, 0.1) is 5.82 Å². The zero-order valence-corrected chi connectivity index (χ0v) is 21.8. The lowest BCUT2D eigenvalue weighted by atomic mass is 10.1. The maximum absolute atomic E-state index is 13.8. The Hall–Kier alpha value is -3.71. The Balaban J connectivity index is 1.50. The maximum atomic E-state index is 13.8. The predicted octanol–water partition coefficient (Wildman–Crippen LogP) is 5.97. The Morgan fingerprint density at radius 3 is 2.36 bits per heavy atom. The van der Waals surface area contributed by atoms with Crippen molar-refractivity contribution in [1.82, 2.24) is 15.0 Å². The van der Waals surface area contributed by atoms with E-state index in [4.69, 9.17) is 11.6 Å². The van der Waals surface area contributed by atoms with Crippen molar-refractivity contribution in [2.45, 2.75) is 31.1 Å². The van der Waals surface area contributed by atoms with Crippen LogP contribution in [0.15, 0.2) is 54.6 Å². The summed E-state index contributed by atoms with van der Waals surface area (Å²) >= 11 is 6.12. The number of rotatable bonds is 8. The molecular weight excluding hydrogens is 560 g/mol. The molecule has 8 nitrogen and oxygen atoms in total. The molecule has 0 saturated heterocycles. The van der Waals surface area contributed by atoms with Gasteiger partial charge >= 0.3 is 6.18 Å². The summed E-state index contributed by atoms with van der Waals surface area (Å²) in [6.45, 7) is 0.0927. The van der Waals surface area contributed by atoms with Gasteiger partial charge in [0.05, 0.1) is 23.2 Å². The molecule has 0 amide bonds. The minimum atomic E-state index is -4.50. The van der Waals surface area contributed by atoms with Gasteiger partial charge in [-0.25, -0.2) is 22.8 Å². The molecule has 2 aromatic carbocycles. The van der Waals surface area contributed by atoms with Crippen LogP contribution in [0.4, 0.5) is 35.0 Å². The minimum Gasteiger partial charge on any atom is -0.354 e. The van der Waals surface area contributed by atoms with Crippen LogP contribution in [0.2, 0.25) is 5.02 Å². The van der Waals surface area contributed by atoms with Crippen molar-refractivity contribution < 1.29 is 26.0 Å². The summed E-state index contributed by atoms with van der Waals surface area (Å²) < 4.78 is 80.3. The van der Waals surface area contributed by atoms with E-state index in [1.165, 1.54) is 30.3 Å². The van der Waals surface area contributed by atoms with Crippen molar-refractivity contribution in [3.8, 4) is 11.3 Å². The van der Waals surface area contributed by atoms with Gasteiger partial charge in [-0.3, -0.25) is 4.72 Å². The van der Waals surface area contributed by atoms with Crippen LogP contribution in [0.25, 0.3) is 22.3 Å². The van der Waals surface area contributed by atoms with Gasteiger partial charge in [-0.2, -0.15) is 18.2 Å². The molecule has 0 unspecified atom stereocenters. The Kier molecular flexibility index (Phi) is 6.75. The fraction of sp³-hybridized carbons (Fsp3) is 0.240. The number of pyridine rings is 1. The number of nitrogens with zero attached hydrogens (tertiary/aromatic N) is 3. The molecule has 1 saturated carbocycles. The molecule has 0 spiro atoms. The first-order valence-corrected chi connectivity index (χ1v) is 13.9. The third-order valence-electron chi connectivity index (χ3n) is 6.04. The van der Waals surface area contributed by atoms with Crippen LogP contribution in [0.1, 0.15) is 18.4 Å². The zero-order valence-electron chi connectivity index (χ0n) is 20.3. The Labute approximate surface area is 225 Å². The van der Waals surface area contributed by atoms with Crippen LogP contribution in [0.5, 0.6) is 0 Å². The van der Waals surface area contributed by atoms with E-state index in [1.807, 2.05) is 0 Å². The largest absolute Gasteiger partial charge is 0.411 e. The monoisotopic (exact) mass is 580 g/mol. The van der Waals surface area contributed by atoms with Gasteiger partial charge in [-0.1, -0.05) is 11.6 Å². The Morgan fingerprint density at radius 1 is 1.00 bits per heavy atom. The molecule has 0 radical (unpaired) electrons. The topological polar surface area (TPSA) is 109 Å². The van der Waals surface area contributed by atoms with Crippen molar-refractivity contribution in [1.29, 1.82) is 0 Å². The second-order valence-electron chi connectivity index (χ2n) is 9.25. The average Bonchev–Trinajstić information content (AvgIpc) is 3.63. The number of sulfonamides is 1. The number of fused-ring (bicyclic) bond motifs is 1. The van der Waals surface area contributed by atoms with Crippen molar-refractivity contribution in [3.63, 3.8) is 0 Å². The fourth-order valence-electron chi connectivity index (χ4n) is 4.00. The van der Waals surface area contributed by atoms with Gasteiger partial charge in [-0.05, 0) is 73.0 Å². The second-order valence-corrected chi connectivity index (χ2v) is 11.4. The fourth-order valence-corrected chi connectivity index (χ4v) is 4.80. The molecule has 39 heavy (non-hydrogen) atoms. The van der Waals surface area contributed by atoms with Gasteiger partial charge in [0.25, 0.3) is 0 Å². The van der Waals surface area contributed by atoms with Crippen LogP contribution >= 0.6 is 11.6 Å². The van der Waals surface area contributed by atoms with Crippen LogP contribution < -0.4 is 15.4 Å². The highest BCUT2D eigenvalue weighted by Gasteiger charge is 2.64. The van der Waals surface area contributed by atoms with E-state index in [-0.39, 0.29) is 52.9 Å². The Morgan fingerprint density at radius 2 is 1.72 bits per heavy atom. The first-order chi connectivity index (χ1) is 18.3. The van der Waals surface area contributed by atoms with Crippen LogP contribution in [-0.2, 0) is 16.6 Å². The molecule has 4 aromatic rings. The molecule has 1 fully saturated rings. The summed E-state index contributed by atoms with van der Waals surface area (Å²) in [5.74, 6) is -0.510. The highest BCUT2D eigenvalue weighted by molar-refractivity contribution is 7.92. The first kappa shape index (κ1) is 26.9. The van der Waals surface area contributed by atoms with Crippen molar-refractivity contribution in [2.75, 3.05) is 21.6 Å². The molecule has 0 bridgehead atoms. The molecule has 1 aliphatic rings. The van der Waals surface area contributed by atoms with Gasteiger partial charge in [0.1, 0.15) is 16.9 Å². The second kappa shape index (κ2) is 9.79. The number of hydrogen-bond donors (Lipinski definition) is 3. The number of hydrogen-bond acceptors (Lipinski definition) is 7. The van der Waals surface area contributed by atoms with Crippen molar-refractivity contribution in [2.24, 2.45) is 0 Å². The number of alkyl halides is 3. The van der Waals surface area contributed by atoms with E-state index in [2.05, 4.69) is 30.3 Å². The van der Waals surface area contributed by atoms with Crippen molar-refractivity contribution in [3.05, 3.63) is 71.0 Å². The summed E-state index contributed by atoms with van der Waals surface area (Å²) in [6, 6.07) is 13.4. The third kappa shape index (κ3) is 6.14. The van der Waals surface area contributed by atoms with Gasteiger partial charge < -0.3 is 10.6 Å². The Bertz CT molecular complexity index is 1660. The molecular formula is C25H21ClF4N6O2S. The van der Waals surface area contributed by atoms with Crippen molar-refractivity contribution >= 4 is 50.1 Å². The number of halogens is 5. The minimum absolute atomic E-state index is 0.0249. The smallest absolute Gasteiger partial charge is 0.354 e. The number of anilines is 3. The number of aromatic nitrogens is 3. The van der Waals surface area contributed by atoms with Gasteiger partial charge in [0.2, 0.25) is 16.0 Å². The average molecular weight is 581 g/mol. The summed E-state index contributed by atoms with van der Waals surface area (Å²) in [6.07, 6.45) is -3.72. The summed E-state index contributed by atoms with van der Waals surface area (Å²) in [4.78, 5) is 13.2. The van der Waals surface area contributed by atoms with E-state index in [1.54, 1.807) is 24.3 Å². The molecule has 1 aliphatic carbocycles. The van der Waals surface area contributed by atoms with E-state index in [0.717, 1.165) is 6.26 Å². The van der Waals surface area contributed by atoms with Crippen LogP contribution in [-0.4, -0.2) is 41.3 Å². The molecule has 0 atom stereocenters. The first-order valence-electron chi connectivity index (χ1n) is 11.6. The standard InChI is InChI=1S/C25H21ClF4N6O2S/c1-39(37,38)36-18-11-14(10-16(26)12-18)13-31-23-33-20-7-6-19(15-2-4-17(27)5-3-15)32-21(20)22(34-23)35-24(8-9-24)25(28,29)30/h2-7,10-12,36H,8-9,13H2,1H3,(H2,31,33,34,35). The maximum Gasteiger partial charge on any atom is 0.411 e. The van der Waals surface area contributed by atoms with Gasteiger partial charge in [-0.15, -0.1) is 0 Å². The quantitative estimate of drug-likeness (QED) is 0.220. The summed E-state index contributed by atoms with van der Waals surface area (Å²) in [5.41, 5.74) is 0.106. The number of nitrogens with one attached hydrogen (secondary N) is 3.